The van der Waals surface area contributed by atoms with Gasteiger partial charge >= 0.3 is 0 Å². The van der Waals surface area contributed by atoms with Gasteiger partial charge in [-0.1, -0.05) is 26.0 Å². The van der Waals surface area contributed by atoms with Crippen molar-refractivity contribution < 1.29 is 9.53 Å². The minimum Gasteiger partial charge on any atom is -0.483 e. The zero-order valence-corrected chi connectivity index (χ0v) is 14.6. The molecule has 0 saturated carbocycles. The fraction of sp³-hybridized carbons (Fsp3) is 0.235. The quantitative estimate of drug-likeness (QED) is 0.620. The van der Waals surface area contributed by atoms with E-state index in [1.165, 1.54) is 11.8 Å². The van der Waals surface area contributed by atoms with E-state index in [0.717, 1.165) is 4.47 Å². The lowest BCUT2D eigenvalue weighted by Crippen LogP contribution is -2.24. The Morgan fingerprint density at radius 3 is 2.87 bits per heavy atom. The molecule has 1 heterocycles. The van der Waals surface area contributed by atoms with Crippen molar-refractivity contribution >= 4 is 28.1 Å². The number of hydrogen-bond donors (Lipinski definition) is 1. The Hall–Kier alpha value is -2.21. The molecule has 0 saturated heterocycles. The van der Waals surface area contributed by atoms with Crippen molar-refractivity contribution in [3.63, 3.8) is 0 Å². The summed E-state index contributed by atoms with van der Waals surface area (Å²) < 4.78 is 6.31. The number of ether oxygens (including phenoxy) is 1. The molecule has 0 atom stereocenters. The number of carbonyl (C=O) groups is 1. The second kappa shape index (κ2) is 8.43. The van der Waals surface area contributed by atoms with E-state index in [-0.39, 0.29) is 12.5 Å². The Morgan fingerprint density at radius 2 is 2.22 bits per heavy atom. The van der Waals surface area contributed by atoms with E-state index >= 15 is 0 Å². The Balaban J connectivity index is 1.84. The fourth-order valence-corrected chi connectivity index (χ4v) is 2.30. The highest BCUT2D eigenvalue weighted by Crippen LogP contribution is 2.28. The van der Waals surface area contributed by atoms with Crippen molar-refractivity contribution in [3.05, 3.63) is 58.3 Å². The SMILES string of the molecule is CC(C)c1ccc(OCC(=O)NN=Cc2ccccn2)c(Br)c1. The first kappa shape index (κ1) is 17.1. The summed E-state index contributed by atoms with van der Waals surface area (Å²) in [6.45, 7) is 4.13. The average Bonchev–Trinajstić information content (AvgIpc) is 2.54. The van der Waals surface area contributed by atoms with Crippen molar-refractivity contribution in [2.75, 3.05) is 6.61 Å². The van der Waals surface area contributed by atoms with Crippen LogP contribution in [0.1, 0.15) is 31.0 Å². The maximum atomic E-state index is 11.7. The number of nitrogens with one attached hydrogen (secondary N) is 1. The summed E-state index contributed by atoms with van der Waals surface area (Å²) in [4.78, 5) is 15.8. The number of rotatable bonds is 6. The molecule has 120 valence electrons. The summed E-state index contributed by atoms with van der Waals surface area (Å²) in [6, 6.07) is 11.3. The summed E-state index contributed by atoms with van der Waals surface area (Å²) in [5.41, 5.74) is 4.27. The summed E-state index contributed by atoms with van der Waals surface area (Å²) >= 11 is 3.45. The van der Waals surface area contributed by atoms with E-state index in [0.29, 0.717) is 17.4 Å². The molecule has 0 radical (unpaired) electrons. The Kier molecular flexibility index (Phi) is 6.29. The van der Waals surface area contributed by atoms with Crippen LogP contribution >= 0.6 is 15.9 Å². The van der Waals surface area contributed by atoms with Crippen LogP contribution in [0.5, 0.6) is 5.75 Å². The van der Waals surface area contributed by atoms with Crippen LogP contribution < -0.4 is 10.2 Å². The normalized spacial score (nSPS) is 11.0. The third-order valence-electron chi connectivity index (χ3n) is 3.06. The fourth-order valence-electron chi connectivity index (χ4n) is 1.79. The predicted molar refractivity (Wildman–Crippen MR) is 93.7 cm³/mol. The van der Waals surface area contributed by atoms with Crippen LogP contribution in [0.15, 0.2) is 52.2 Å². The molecule has 1 amide bonds. The van der Waals surface area contributed by atoms with Crippen LogP contribution in [-0.2, 0) is 4.79 Å². The lowest BCUT2D eigenvalue weighted by atomic mass is 10.0. The monoisotopic (exact) mass is 375 g/mol. The first-order valence-corrected chi connectivity index (χ1v) is 8.00. The van der Waals surface area contributed by atoms with E-state index in [2.05, 4.69) is 45.3 Å². The average molecular weight is 376 g/mol. The van der Waals surface area contributed by atoms with E-state index in [1.807, 2.05) is 30.3 Å². The maximum absolute atomic E-state index is 11.7. The van der Waals surface area contributed by atoms with Gasteiger partial charge in [0.1, 0.15) is 5.75 Å². The molecular weight excluding hydrogens is 358 g/mol. The van der Waals surface area contributed by atoms with Crippen LogP contribution in [0.3, 0.4) is 0 Å². The number of pyridine rings is 1. The Bertz CT molecular complexity index is 687. The lowest BCUT2D eigenvalue weighted by molar-refractivity contribution is -0.123. The third kappa shape index (κ3) is 5.49. The van der Waals surface area contributed by atoms with Crippen LogP contribution in [0.2, 0.25) is 0 Å². The summed E-state index contributed by atoms with van der Waals surface area (Å²) in [5.74, 6) is 0.722. The second-order valence-corrected chi connectivity index (χ2v) is 6.04. The molecule has 0 unspecified atom stereocenters. The smallest absolute Gasteiger partial charge is 0.277 e. The molecule has 0 aliphatic heterocycles. The number of benzene rings is 1. The number of aromatic nitrogens is 1. The zero-order chi connectivity index (χ0) is 16.7. The van der Waals surface area contributed by atoms with Gasteiger partial charge in [-0.15, -0.1) is 0 Å². The molecule has 0 spiro atoms. The zero-order valence-electron chi connectivity index (χ0n) is 13.0. The van der Waals surface area contributed by atoms with E-state index < -0.39 is 0 Å². The first-order chi connectivity index (χ1) is 11.1. The van der Waals surface area contributed by atoms with Crippen molar-refractivity contribution in [2.45, 2.75) is 19.8 Å². The predicted octanol–water partition coefficient (Wildman–Crippen LogP) is 3.50. The minimum absolute atomic E-state index is 0.112. The van der Waals surface area contributed by atoms with Gasteiger partial charge < -0.3 is 4.74 Å². The standard InChI is InChI=1S/C17H18BrN3O2/c1-12(2)13-6-7-16(15(18)9-13)23-11-17(22)21-20-10-14-5-3-4-8-19-14/h3-10,12H,11H2,1-2H3,(H,21,22). The van der Waals surface area contributed by atoms with Gasteiger partial charge in [0.2, 0.25) is 0 Å². The lowest BCUT2D eigenvalue weighted by Gasteiger charge is -2.10. The van der Waals surface area contributed by atoms with Crippen LogP contribution in [0.25, 0.3) is 0 Å². The Labute approximate surface area is 143 Å². The molecule has 1 aromatic heterocycles. The van der Waals surface area contributed by atoms with Gasteiger partial charge in [-0.2, -0.15) is 5.10 Å². The topological polar surface area (TPSA) is 63.6 Å². The third-order valence-corrected chi connectivity index (χ3v) is 3.67. The van der Waals surface area contributed by atoms with E-state index in [9.17, 15) is 4.79 Å². The highest BCUT2D eigenvalue weighted by atomic mass is 79.9. The number of nitrogens with zero attached hydrogens (tertiary/aromatic N) is 2. The van der Waals surface area contributed by atoms with Crippen LogP contribution in [0.4, 0.5) is 0 Å². The molecule has 1 aromatic carbocycles. The van der Waals surface area contributed by atoms with Crippen molar-refractivity contribution in [1.82, 2.24) is 10.4 Å². The Morgan fingerprint density at radius 1 is 1.39 bits per heavy atom. The van der Waals surface area contributed by atoms with Crippen molar-refractivity contribution in [3.8, 4) is 5.75 Å². The number of halogens is 1. The summed E-state index contributed by atoms with van der Waals surface area (Å²) in [7, 11) is 0. The van der Waals surface area contributed by atoms with Gasteiger partial charge in [0.05, 0.1) is 16.4 Å². The van der Waals surface area contributed by atoms with Gasteiger partial charge in [0, 0.05) is 6.20 Å². The largest absolute Gasteiger partial charge is 0.483 e. The summed E-state index contributed by atoms with van der Waals surface area (Å²) in [6.07, 6.45) is 3.13. The highest BCUT2D eigenvalue weighted by Gasteiger charge is 2.07. The number of hydrazone groups is 1. The number of hydrogen-bond acceptors (Lipinski definition) is 4. The van der Waals surface area contributed by atoms with Crippen molar-refractivity contribution in [2.24, 2.45) is 5.10 Å². The molecule has 6 heteroatoms. The van der Waals surface area contributed by atoms with Gasteiger partial charge in [-0.25, -0.2) is 5.43 Å². The van der Waals surface area contributed by atoms with Crippen molar-refractivity contribution in [1.29, 1.82) is 0 Å². The molecule has 2 rings (SSSR count). The molecule has 0 bridgehead atoms. The van der Waals surface area contributed by atoms with E-state index in [1.54, 1.807) is 12.3 Å². The maximum Gasteiger partial charge on any atom is 0.277 e. The molecule has 5 nitrogen and oxygen atoms in total. The molecule has 0 aliphatic carbocycles. The molecule has 0 aliphatic rings. The highest BCUT2D eigenvalue weighted by molar-refractivity contribution is 9.10. The summed E-state index contributed by atoms with van der Waals surface area (Å²) in [5, 5.41) is 3.83. The van der Waals surface area contributed by atoms with Gasteiger partial charge in [-0.05, 0) is 51.7 Å². The van der Waals surface area contributed by atoms with Gasteiger partial charge in [0.15, 0.2) is 6.61 Å². The molecular formula is C17H18BrN3O2. The number of amides is 1. The molecule has 2 aromatic rings. The van der Waals surface area contributed by atoms with Crippen LogP contribution in [0, 0.1) is 0 Å². The van der Waals surface area contributed by atoms with Crippen LogP contribution in [-0.4, -0.2) is 23.7 Å². The molecule has 0 fully saturated rings. The first-order valence-electron chi connectivity index (χ1n) is 7.21. The van der Waals surface area contributed by atoms with Gasteiger partial charge in [0.25, 0.3) is 5.91 Å². The minimum atomic E-state index is -0.336. The van der Waals surface area contributed by atoms with Gasteiger partial charge in [-0.3, -0.25) is 9.78 Å². The van der Waals surface area contributed by atoms with E-state index in [4.69, 9.17) is 4.74 Å². The number of carbonyl (C=O) groups excluding carboxylic acids is 1. The molecule has 1 N–H and O–H groups in total. The second-order valence-electron chi connectivity index (χ2n) is 5.18. The molecule has 23 heavy (non-hydrogen) atoms.